The minimum absolute atomic E-state index is 0.0329. The summed E-state index contributed by atoms with van der Waals surface area (Å²) in [5.74, 6) is 0.0415. The Morgan fingerprint density at radius 2 is 1.39 bits per heavy atom. The molecule has 0 spiro atoms. The highest BCUT2D eigenvalue weighted by atomic mass is 16.4. The molecule has 3 N–H and O–H groups in total. The Bertz CT molecular complexity index is 598. The third-order valence-electron chi connectivity index (χ3n) is 6.82. The van der Waals surface area contributed by atoms with Gasteiger partial charge >= 0.3 is 5.97 Å². The van der Waals surface area contributed by atoms with E-state index in [2.05, 4.69) is 24.1 Å². The van der Waals surface area contributed by atoms with Gasteiger partial charge in [0.2, 0.25) is 5.84 Å². The molecular weight excluding hydrogens is 410 g/mol. The van der Waals surface area contributed by atoms with Crippen molar-refractivity contribution < 1.29 is 14.4 Å². The molecule has 0 saturated carbocycles. The first-order valence-electron chi connectivity index (χ1n) is 13.8. The van der Waals surface area contributed by atoms with Gasteiger partial charge in [-0.1, -0.05) is 96.1 Å². The molecule has 190 valence electrons. The molecule has 0 aliphatic carbocycles. The SMILES string of the molecule is CCCCCCCCCCCCCC/C=C/CCCCCC1=NC=C[N+]1(CC(=O)O)C(C)N. The second-order valence-corrected chi connectivity index (χ2v) is 9.81. The van der Waals surface area contributed by atoms with Crippen molar-refractivity contribution in [3.8, 4) is 0 Å². The van der Waals surface area contributed by atoms with Crippen molar-refractivity contribution in [2.45, 2.75) is 136 Å². The first-order valence-corrected chi connectivity index (χ1v) is 13.8. The van der Waals surface area contributed by atoms with Gasteiger partial charge in [0.25, 0.3) is 0 Å². The van der Waals surface area contributed by atoms with Gasteiger partial charge in [0.05, 0.1) is 6.20 Å². The van der Waals surface area contributed by atoms with Gasteiger partial charge in [-0.25, -0.2) is 14.3 Å². The molecule has 5 nitrogen and oxygen atoms in total. The van der Waals surface area contributed by atoms with Crippen LogP contribution in [0.2, 0.25) is 0 Å². The number of unbranched alkanes of at least 4 members (excludes halogenated alkanes) is 15. The largest absolute Gasteiger partial charge is 0.477 e. The molecule has 1 aliphatic heterocycles. The molecule has 0 bridgehead atoms. The molecule has 0 saturated heterocycles. The highest BCUT2D eigenvalue weighted by Crippen LogP contribution is 2.23. The number of nitrogens with two attached hydrogens (primary N) is 1. The summed E-state index contributed by atoms with van der Waals surface area (Å²) >= 11 is 0. The normalized spacial score (nSPS) is 18.8. The topological polar surface area (TPSA) is 75.7 Å². The van der Waals surface area contributed by atoms with Crippen LogP contribution in [-0.4, -0.2) is 34.1 Å². The number of amidine groups is 1. The molecule has 0 amide bonds. The van der Waals surface area contributed by atoms with Crippen LogP contribution in [0.5, 0.6) is 0 Å². The molecule has 0 fully saturated rings. The third-order valence-corrected chi connectivity index (χ3v) is 6.82. The molecule has 0 aromatic heterocycles. The number of carbonyl (C=O) groups is 1. The third kappa shape index (κ3) is 13.1. The number of nitrogens with zero attached hydrogens (tertiary/aromatic N) is 2. The van der Waals surface area contributed by atoms with E-state index in [1.54, 1.807) is 6.20 Å². The maximum atomic E-state index is 11.3. The molecule has 1 heterocycles. The molecule has 2 atom stereocenters. The molecular formula is C28H52N3O2+. The van der Waals surface area contributed by atoms with Crippen molar-refractivity contribution in [1.82, 2.24) is 0 Å². The van der Waals surface area contributed by atoms with Gasteiger partial charge in [-0.05, 0) is 32.1 Å². The number of hydrogen-bond acceptors (Lipinski definition) is 3. The first-order chi connectivity index (χ1) is 16.0. The number of allylic oxidation sites excluding steroid dienone is 2. The van der Waals surface area contributed by atoms with E-state index in [9.17, 15) is 9.90 Å². The molecule has 1 aliphatic rings. The Balaban J connectivity index is 1.95. The van der Waals surface area contributed by atoms with Crippen LogP contribution in [0, 0.1) is 0 Å². The Kier molecular flexibility index (Phi) is 16.9. The van der Waals surface area contributed by atoms with Crippen molar-refractivity contribution >= 4 is 11.8 Å². The van der Waals surface area contributed by atoms with Gasteiger partial charge in [0.15, 0.2) is 6.54 Å². The molecule has 0 aromatic carbocycles. The van der Waals surface area contributed by atoms with Crippen molar-refractivity contribution in [2.24, 2.45) is 10.7 Å². The summed E-state index contributed by atoms with van der Waals surface area (Å²) in [5.41, 5.74) is 6.11. The maximum absolute atomic E-state index is 11.3. The second kappa shape index (κ2) is 18.9. The lowest BCUT2D eigenvalue weighted by Gasteiger charge is -2.34. The van der Waals surface area contributed by atoms with Gasteiger partial charge in [-0.2, -0.15) is 0 Å². The van der Waals surface area contributed by atoms with E-state index in [1.165, 1.54) is 89.9 Å². The summed E-state index contributed by atoms with van der Waals surface area (Å²) in [7, 11) is 0. The summed E-state index contributed by atoms with van der Waals surface area (Å²) in [6.07, 6.45) is 31.2. The number of rotatable bonds is 22. The Morgan fingerprint density at radius 1 is 0.909 bits per heavy atom. The zero-order valence-corrected chi connectivity index (χ0v) is 21.6. The Hall–Kier alpha value is -1.46. The Morgan fingerprint density at radius 3 is 1.88 bits per heavy atom. The lowest BCUT2D eigenvalue weighted by atomic mass is 10.0. The average molecular weight is 463 g/mol. The molecule has 0 radical (unpaired) electrons. The average Bonchev–Trinajstić information content (AvgIpc) is 3.18. The molecule has 5 heteroatoms. The van der Waals surface area contributed by atoms with Crippen LogP contribution in [0.3, 0.4) is 0 Å². The van der Waals surface area contributed by atoms with E-state index in [1.807, 2.05) is 13.1 Å². The zero-order chi connectivity index (χ0) is 24.2. The fourth-order valence-electron chi connectivity index (χ4n) is 4.65. The summed E-state index contributed by atoms with van der Waals surface area (Å²) in [6, 6.07) is 0. The van der Waals surface area contributed by atoms with E-state index in [-0.39, 0.29) is 17.2 Å². The van der Waals surface area contributed by atoms with E-state index >= 15 is 0 Å². The van der Waals surface area contributed by atoms with Crippen LogP contribution in [-0.2, 0) is 4.79 Å². The molecule has 33 heavy (non-hydrogen) atoms. The number of carboxylic acids is 1. The van der Waals surface area contributed by atoms with Crippen LogP contribution in [0.15, 0.2) is 29.5 Å². The van der Waals surface area contributed by atoms with Gasteiger partial charge < -0.3 is 5.11 Å². The quantitative estimate of drug-likeness (QED) is 0.0984. The first kappa shape index (κ1) is 29.6. The van der Waals surface area contributed by atoms with E-state index in [4.69, 9.17) is 5.73 Å². The standard InChI is InChI=1S/C28H51N3O2/c1-3-4-5-6-7-8-9-10-11-12-13-14-15-16-17-18-19-20-21-22-27-30-23-24-31(27,26(2)29)25-28(32)33/h16-17,23-24,26H,3-15,18-22,25,29H2,1-2H3/p+1/b17-16+. The fourth-order valence-corrected chi connectivity index (χ4v) is 4.65. The summed E-state index contributed by atoms with van der Waals surface area (Å²) in [5, 5.41) is 9.27. The van der Waals surface area contributed by atoms with Crippen LogP contribution in [0.4, 0.5) is 0 Å². The Labute approximate surface area is 203 Å². The minimum atomic E-state index is -0.843. The summed E-state index contributed by atoms with van der Waals surface area (Å²) in [4.78, 5) is 15.7. The maximum Gasteiger partial charge on any atom is 0.360 e. The highest BCUT2D eigenvalue weighted by Gasteiger charge is 2.40. The fraction of sp³-hybridized carbons (Fsp3) is 0.786. The summed E-state index contributed by atoms with van der Waals surface area (Å²) in [6.45, 7) is 4.10. The smallest absolute Gasteiger partial charge is 0.360 e. The molecule has 1 rings (SSSR count). The van der Waals surface area contributed by atoms with Crippen molar-refractivity contribution in [2.75, 3.05) is 6.54 Å². The number of quaternary nitrogens is 1. The van der Waals surface area contributed by atoms with Crippen LogP contribution in [0.1, 0.15) is 129 Å². The van der Waals surface area contributed by atoms with E-state index in [0.717, 1.165) is 31.5 Å². The van der Waals surface area contributed by atoms with Gasteiger partial charge in [0, 0.05) is 13.3 Å². The highest BCUT2D eigenvalue weighted by molar-refractivity contribution is 5.81. The van der Waals surface area contributed by atoms with Gasteiger partial charge in [-0.15, -0.1) is 0 Å². The van der Waals surface area contributed by atoms with Gasteiger partial charge in [-0.3, -0.25) is 5.73 Å². The lowest BCUT2D eigenvalue weighted by molar-refractivity contribution is -0.805. The predicted octanol–water partition coefficient (Wildman–Crippen LogP) is 7.67. The number of hydrogen-bond donors (Lipinski definition) is 2. The zero-order valence-electron chi connectivity index (χ0n) is 21.6. The van der Waals surface area contributed by atoms with Crippen LogP contribution < -0.4 is 5.73 Å². The van der Waals surface area contributed by atoms with Gasteiger partial charge in [0.1, 0.15) is 12.4 Å². The monoisotopic (exact) mass is 462 g/mol. The second-order valence-electron chi connectivity index (χ2n) is 9.81. The number of carboxylic acid groups (broad SMARTS) is 1. The molecule has 0 aromatic rings. The predicted molar refractivity (Wildman–Crippen MR) is 141 cm³/mol. The minimum Gasteiger partial charge on any atom is -0.477 e. The van der Waals surface area contributed by atoms with E-state index < -0.39 is 5.97 Å². The van der Waals surface area contributed by atoms with E-state index in [0.29, 0.717) is 0 Å². The number of aliphatic carboxylic acids is 1. The van der Waals surface area contributed by atoms with Crippen LogP contribution >= 0.6 is 0 Å². The lowest BCUT2D eigenvalue weighted by Crippen LogP contribution is -2.59. The van der Waals surface area contributed by atoms with Crippen LogP contribution in [0.25, 0.3) is 0 Å². The number of aliphatic imine (C=N–C) groups is 1. The van der Waals surface area contributed by atoms with Crippen molar-refractivity contribution in [3.63, 3.8) is 0 Å². The van der Waals surface area contributed by atoms with Crippen molar-refractivity contribution in [3.05, 3.63) is 24.6 Å². The summed E-state index contributed by atoms with van der Waals surface area (Å²) < 4.78 is 0.161. The molecule has 2 unspecified atom stereocenters. The van der Waals surface area contributed by atoms with Crippen molar-refractivity contribution in [1.29, 1.82) is 0 Å².